The first-order chi connectivity index (χ1) is 11.7. The Labute approximate surface area is 151 Å². The van der Waals surface area contributed by atoms with E-state index in [1.54, 1.807) is 0 Å². The third-order valence-electron chi connectivity index (χ3n) is 4.79. The lowest BCUT2D eigenvalue weighted by molar-refractivity contribution is 0.339. The van der Waals surface area contributed by atoms with Crippen molar-refractivity contribution in [2.45, 2.75) is 24.7 Å². The molecule has 2 aromatic carbocycles. The van der Waals surface area contributed by atoms with Gasteiger partial charge in [0.05, 0.1) is 5.69 Å². The highest BCUT2D eigenvalue weighted by Crippen LogP contribution is 2.49. The monoisotopic (exact) mass is 354 g/mol. The summed E-state index contributed by atoms with van der Waals surface area (Å²) >= 11 is 12.0. The Bertz CT molecular complexity index is 827. The highest BCUT2D eigenvalue weighted by molar-refractivity contribution is 6.31. The van der Waals surface area contributed by atoms with Crippen molar-refractivity contribution in [3.63, 3.8) is 0 Å². The van der Waals surface area contributed by atoms with Gasteiger partial charge in [-0.2, -0.15) is 0 Å². The lowest BCUT2D eigenvalue weighted by Crippen LogP contribution is -2.23. The summed E-state index contributed by atoms with van der Waals surface area (Å²) in [6, 6.07) is 21.1. The van der Waals surface area contributed by atoms with Gasteiger partial charge >= 0.3 is 0 Å². The van der Waals surface area contributed by atoms with Gasteiger partial charge in [0.1, 0.15) is 5.15 Å². The SMILES string of the molecule is Clc1cc(C2CC[C@H]2c2ccc(-c3ccccc3)cc2)nc(Cl)n1. The minimum atomic E-state index is 0.225. The lowest BCUT2D eigenvalue weighted by atomic mass is 9.68. The van der Waals surface area contributed by atoms with Gasteiger partial charge < -0.3 is 0 Å². The van der Waals surface area contributed by atoms with E-state index in [1.807, 2.05) is 12.1 Å². The molecule has 0 radical (unpaired) electrons. The zero-order valence-electron chi connectivity index (χ0n) is 13.0. The van der Waals surface area contributed by atoms with Crippen LogP contribution in [-0.4, -0.2) is 9.97 Å². The molecule has 1 saturated carbocycles. The van der Waals surface area contributed by atoms with Crippen molar-refractivity contribution in [1.82, 2.24) is 9.97 Å². The van der Waals surface area contributed by atoms with Crippen LogP contribution >= 0.6 is 23.2 Å². The Morgan fingerprint density at radius 3 is 2.04 bits per heavy atom. The van der Waals surface area contributed by atoms with Gasteiger partial charge in [-0.05, 0) is 53.1 Å². The molecular formula is C20H16Cl2N2. The Hall–Kier alpha value is -1.90. The van der Waals surface area contributed by atoms with Crippen molar-refractivity contribution < 1.29 is 0 Å². The van der Waals surface area contributed by atoms with E-state index < -0.39 is 0 Å². The molecule has 0 aliphatic heterocycles. The molecule has 3 aromatic rings. The van der Waals surface area contributed by atoms with E-state index in [4.69, 9.17) is 23.2 Å². The summed E-state index contributed by atoms with van der Waals surface area (Å²) in [5.74, 6) is 0.836. The fraction of sp³-hybridized carbons (Fsp3) is 0.200. The quantitative estimate of drug-likeness (QED) is 0.418. The van der Waals surface area contributed by atoms with Gasteiger partial charge in [-0.1, -0.05) is 66.2 Å². The standard InChI is InChI=1S/C20H16Cl2N2/c21-19-12-18(23-20(22)24-19)17-11-10-16(17)15-8-6-14(7-9-15)13-4-2-1-3-5-13/h1-9,12,16-17H,10-11H2/t16-,17?/m0/s1. The van der Waals surface area contributed by atoms with Gasteiger partial charge in [-0.25, -0.2) is 9.97 Å². The van der Waals surface area contributed by atoms with Crippen molar-refractivity contribution in [1.29, 1.82) is 0 Å². The smallest absolute Gasteiger partial charge is 0.223 e. The molecule has 0 N–H and O–H groups in total. The van der Waals surface area contributed by atoms with E-state index in [9.17, 15) is 0 Å². The molecule has 2 nitrogen and oxygen atoms in total. The Kier molecular flexibility index (Phi) is 4.26. The highest BCUT2D eigenvalue weighted by Gasteiger charge is 2.34. The molecule has 1 unspecified atom stereocenters. The lowest BCUT2D eigenvalue weighted by Gasteiger charge is -2.36. The predicted octanol–water partition coefficient (Wildman–Crippen LogP) is 6.11. The molecule has 24 heavy (non-hydrogen) atoms. The number of aromatic nitrogens is 2. The van der Waals surface area contributed by atoms with Gasteiger partial charge in [0.2, 0.25) is 5.28 Å². The molecule has 2 atom stereocenters. The van der Waals surface area contributed by atoms with Crippen LogP contribution in [0, 0.1) is 0 Å². The van der Waals surface area contributed by atoms with Gasteiger partial charge in [0.25, 0.3) is 0 Å². The minimum absolute atomic E-state index is 0.225. The average molecular weight is 355 g/mol. The summed E-state index contributed by atoms with van der Waals surface area (Å²) in [5.41, 5.74) is 4.77. The summed E-state index contributed by atoms with van der Waals surface area (Å²) in [6.07, 6.45) is 2.27. The first kappa shape index (κ1) is 15.6. The molecule has 0 saturated heterocycles. The maximum atomic E-state index is 6.02. The van der Waals surface area contributed by atoms with E-state index in [0.717, 1.165) is 18.5 Å². The molecule has 1 aliphatic carbocycles. The van der Waals surface area contributed by atoms with Crippen LogP contribution in [0.25, 0.3) is 11.1 Å². The molecule has 0 spiro atoms. The van der Waals surface area contributed by atoms with Crippen LogP contribution in [0.1, 0.15) is 35.9 Å². The maximum absolute atomic E-state index is 6.02. The maximum Gasteiger partial charge on any atom is 0.224 e. The normalized spacial score (nSPS) is 19.8. The number of benzene rings is 2. The third kappa shape index (κ3) is 3.04. The summed E-state index contributed by atoms with van der Waals surface area (Å²) < 4.78 is 0. The van der Waals surface area contributed by atoms with Crippen LogP contribution in [0.15, 0.2) is 60.7 Å². The molecule has 1 aliphatic rings. The van der Waals surface area contributed by atoms with Gasteiger partial charge in [-0.15, -0.1) is 0 Å². The molecular weight excluding hydrogens is 339 g/mol. The summed E-state index contributed by atoms with van der Waals surface area (Å²) in [5, 5.41) is 0.637. The number of halogens is 2. The molecule has 0 amide bonds. The Balaban J connectivity index is 1.58. The summed E-state index contributed by atoms with van der Waals surface area (Å²) in [6.45, 7) is 0. The highest BCUT2D eigenvalue weighted by atomic mass is 35.5. The average Bonchev–Trinajstić information content (AvgIpc) is 2.54. The van der Waals surface area contributed by atoms with E-state index in [-0.39, 0.29) is 5.28 Å². The first-order valence-corrected chi connectivity index (χ1v) is 8.81. The predicted molar refractivity (Wildman–Crippen MR) is 98.6 cm³/mol. The fourth-order valence-corrected chi connectivity index (χ4v) is 3.83. The van der Waals surface area contributed by atoms with Gasteiger partial charge in [0.15, 0.2) is 0 Å². The van der Waals surface area contributed by atoms with Crippen molar-refractivity contribution in [3.05, 3.63) is 82.4 Å². The van der Waals surface area contributed by atoms with Crippen LogP contribution in [0.4, 0.5) is 0 Å². The number of hydrogen-bond donors (Lipinski definition) is 0. The fourth-order valence-electron chi connectivity index (χ4n) is 3.40. The first-order valence-electron chi connectivity index (χ1n) is 8.06. The second kappa shape index (κ2) is 6.54. The van der Waals surface area contributed by atoms with Crippen LogP contribution < -0.4 is 0 Å². The third-order valence-corrected chi connectivity index (χ3v) is 5.15. The summed E-state index contributed by atoms with van der Waals surface area (Å²) in [4.78, 5) is 8.30. The minimum Gasteiger partial charge on any atom is -0.223 e. The van der Waals surface area contributed by atoms with Crippen LogP contribution in [0.2, 0.25) is 10.4 Å². The second-order valence-electron chi connectivity index (χ2n) is 6.16. The number of rotatable bonds is 3. The number of hydrogen-bond acceptors (Lipinski definition) is 2. The van der Waals surface area contributed by atoms with Gasteiger partial charge in [0, 0.05) is 5.92 Å². The van der Waals surface area contributed by atoms with Crippen molar-refractivity contribution in [3.8, 4) is 11.1 Å². The topological polar surface area (TPSA) is 25.8 Å². The molecule has 4 rings (SSSR count). The second-order valence-corrected chi connectivity index (χ2v) is 6.89. The van der Waals surface area contributed by atoms with E-state index in [1.165, 1.54) is 16.7 Å². The van der Waals surface area contributed by atoms with Crippen LogP contribution in [0.3, 0.4) is 0 Å². The van der Waals surface area contributed by atoms with E-state index in [0.29, 0.717) is 17.0 Å². The van der Waals surface area contributed by atoms with Crippen molar-refractivity contribution in [2.24, 2.45) is 0 Å². The largest absolute Gasteiger partial charge is 0.224 e. The van der Waals surface area contributed by atoms with E-state index >= 15 is 0 Å². The molecule has 0 bridgehead atoms. The van der Waals surface area contributed by atoms with Crippen molar-refractivity contribution >= 4 is 23.2 Å². The van der Waals surface area contributed by atoms with Crippen LogP contribution in [-0.2, 0) is 0 Å². The molecule has 1 heterocycles. The van der Waals surface area contributed by atoms with Crippen LogP contribution in [0.5, 0.6) is 0 Å². The number of nitrogens with zero attached hydrogens (tertiary/aromatic N) is 2. The Morgan fingerprint density at radius 2 is 1.42 bits per heavy atom. The zero-order valence-corrected chi connectivity index (χ0v) is 14.5. The van der Waals surface area contributed by atoms with Gasteiger partial charge in [-0.3, -0.25) is 0 Å². The van der Waals surface area contributed by atoms with E-state index in [2.05, 4.69) is 58.5 Å². The van der Waals surface area contributed by atoms with Crippen molar-refractivity contribution in [2.75, 3.05) is 0 Å². The molecule has 120 valence electrons. The Morgan fingerprint density at radius 1 is 0.750 bits per heavy atom. The molecule has 1 aromatic heterocycles. The molecule has 1 fully saturated rings. The zero-order chi connectivity index (χ0) is 16.5. The molecule has 4 heteroatoms. The summed E-state index contributed by atoms with van der Waals surface area (Å²) in [7, 11) is 0.